The van der Waals surface area contributed by atoms with Crippen LogP contribution >= 0.6 is 0 Å². The average Bonchev–Trinajstić information content (AvgIpc) is 3.57. The van der Waals surface area contributed by atoms with E-state index in [0.29, 0.717) is 12.1 Å². The predicted octanol–water partition coefficient (Wildman–Crippen LogP) is 4.68. The van der Waals surface area contributed by atoms with Crippen LogP contribution in [-0.2, 0) is 11.3 Å². The van der Waals surface area contributed by atoms with Crippen molar-refractivity contribution in [3.8, 4) is 0 Å². The fraction of sp³-hybridized carbons (Fsp3) is 0.417. The number of halogens is 1. The third-order valence-electron chi connectivity index (χ3n) is 5.59. The molecule has 1 saturated carbocycles. The van der Waals surface area contributed by atoms with Crippen molar-refractivity contribution in [2.75, 3.05) is 24.3 Å². The number of amides is 2. The van der Waals surface area contributed by atoms with E-state index < -0.39 is 0 Å². The van der Waals surface area contributed by atoms with Crippen LogP contribution < -0.4 is 10.2 Å². The van der Waals surface area contributed by atoms with E-state index in [2.05, 4.69) is 5.32 Å². The van der Waals surface area contributed by atoms with Gasteiger partial charge in [-0.3, -0.25) is 9.59 Å². The quantitative estimate of drug-likeness (QED) is 0.686. The first kappa shape index (κ1) is 21.8. The second kappa shape index (κ2) is 9.28. The molecule has 5 nitrogen and oxygen atoms in total. The van der Waals surface area contributed by atoms with Crippen LogP contribution in [0.1, 0.15) is 49.0 Å². The van der Waals surface area contributed by atoms with Gasteiger partial charge in [-0.2, -0.15) is 0 Å². The fourth-order valence-corrected chi connectivity index (χ4v) is 3.41. The molecule has 1 fully saturated rings. The molecule has 1 N–H and O–H groups in total. The average molecular weight is 412 g/mol. The molecule has 0 unspecified atom stereocenters. The molecule has 0 aromatic heterocycles. The van der Waals surface area contributed by atoms with Gasteiger partial charge in [-0.05, 0) is 74.2 Å². The van der Waals surface area contributed by atoms with E-state index >= 15 is 0 Å². The molecule has 0 aliphatic heterocycles. The third kappa shape index (κ3) is 5.17. The Hall–Kier alpha value is -2.89. The summed E-state index contributed by atoms with van der Waals surface area (Å²) in [5, 5.41) is 2.99. The molecule has 1 atom stereocenters. The van der Waals surface area contributed by atoms with Gasteiger partial charge in [0.2, 0.25) is 5.91 Å². The molecule has 30 heavy (non-hydrogen) atoms. The first-order valence-electron chi connectivity index (χ1n) is 10.5. The lowest BCUT2D eigenvalue weighted by Gasteiger charge is -2.31. The topological polar surface area (TPSA) is 52.7 Å². The van der Waals surface area contributed by atoms with Crippen molar-refractivity contribution in [3.05, 3.63) is 59.4 Å². The summed E-state index contributed by atoms with van der Waals surface area (Å²) in [4.78, 5) is 29.2. The molecule has 0 saturated heterocycles. The summed E-state index contributed by atoms with van der Waals surface area (Å²) in [6.45, 7) is 4.44. The Morgan fingerprint density at radius 2 is 1.80 bits per heavy atom. The van der Waals surface area contributed by atoms with Crippen molar-refractivity contribution >= 4 is 23.2 Å². The highest BCUT2D eigenvalue weighted by Crippen LogP contribution is 2.31. The number of anilines is 2. The highest BCUT2D eigenvalue weighted by Gasteiger charge is 2.30. The van der Waals surface area contributed by atoms with Gasteiger partial charge < -0.3 is 15.1 Å². The maximum Gasteiger partial charge on any atom is 0.254 e. The number of carbonyl (C=O) groups is 2. The highest BCUT2D eigenvalue weighted by atomic mass is 19.1. The molecule has 160 valence electrons. The van der Waals surface area contributed by atoms with Gasteiger partial charge >= 0.3 is 0 Å². The summed E-state index contributed by atoms with van der Waals surface area (Å²) >= 11 is 0. The molecule has 6 heteroatoms. The summed E-state index contributed by atoms with van der Waals surface area (Å²) in [7, 11) is 3.91. The fourth-order valence-electron chi connectivity index (χ4n) is 3.41. The Labute approximate surface area is 177 Å². The Balaban J connectivity index is 1.90. The van der Waals surface area contributed by atoms with Gasteiger partial charge in [-0.1, -0.05) is 6.92 Å². The van der Waals surface area contributed by atoms with Gasteiger partial charge in [-0.15, -0.1) is 0 Å². The van der Waals surface area contributed by atoms with Crippen LogP contribution in [0, 0.1) is 11.7 Å². The first-order valence-corrected chi connectivity index (χ1v) is 10.5. The van der Waals surface area contributed by atoms with E-state index in [-0.39, 0.29) is 29.6 Å². The minimum atomic E-state index is -0.365. The minimum absolute atomic E-state index is 0.00211. The van der Waals surface area contributed by atoms with Crippen molar-refractivity contribution in [1.82, 2.24) is 4.90 Å². The van der Waals surface area contributed by atoms with Crippen LogP contribution in [0.4, 0.5) is 15.8 Å². The van der Waals surface area contributed by atoms with E-state index in [1.807, 2.05) is 55.9 Å². The van der Waals surface area contributed by atoms with E-state index in [9.17, 15) is 14.0 Å². The van der Waals surface area contributed by atoms with Crippen LogP contribution in [0.15, 0.2) is 42.5 Å². The van der Waals surface area contributed by atoms with E-state index in [1.165, 1.54) is 24.3 Å². The maximum absolute atomic E-state index is 13.3. The number of benzene rings is 2. The summed E-state index contributed by atoms with van der Waals surface area (Å²) in [5.74, 6) is -0.324. The molecule has 2 amide bonds. The van der Waals surface area contributed by atoms with Gasteiger partial charge in [0.05, 0.1) is 0 Å². The monoisotopic (exact) mass is 411 g/mol. The Bertz CT molecular complexity index is 907. The summed E-state index contributed by atoms with van der Waals surface area (Å²) in [6, 6.07) is 11.5. The Morgan fingerprint density at radius 3 is 2.37 bits per heavy atom. The van der Waals surface area contributed by atoms with E-state index in [1.54, 1.807) is 0 Å². The van der Waals surface area contributed by atoms with E-state index in [0.717, 1.165) is 36.2 Å². The lowest BCUT2D eigenvalue weighted by atomic mass is 10.1. The summed E-state index contributed by atoms with van der Waals surface area (Å²) < 4.78 is 13.3. The zero-order valence-electron chi connectivity index (χ0n) is 18.1. The van der Waals surface area contributed by atoms with Gasteiger partial charge in [0.1, 0.15) is 5.82 Å². The molecule has 0 bridgehead atoms. The second-order valence-corrected chi connectivity index (χ2v) is 8.20. The van der Waals surface area contributed by atoms with Crippen molar-refractivity contribution < 1.29 is 14.0 Å². The molecule has 0 spiro atoms. The van der Waals surface area contributed by atoms with Gasteiger partial charge in [0, 0.05) is 49.5 Å². The summed E-state index contributed by atoms with van der Waals surface area (Å²) in [5.41, 5.74) is 3.14. The van der Waals surface area contributed by atoms with Crippen LogP contribution in [0.25, 0.3) is 0 Å². The number of hydrogen-bond acceptors (Lipinski definition) is 3. The zero-order valence-corrected chi connectivity index (χ0v) is 18.1. The molecular formula is C24H30FN3O2. The van der Waals surface area contributed by atoms with E-state index in [4.69, 9.17) is 0 Å². The molecule has 2 aromatic rings. The predicted molar refractivity (Wildman–Crippen MR) is 118 cm³/mol. The van der Waals surface area contributed by atoms with Crippen molar-refractivity contribution in [1.29, 1.82) is 0 Å². The zero-order chi connectivity index (χ0) is 21.8. The molecular weight excluding hydrogens is 381 g/mol. The van der Waals surface area contributed by atoms with Gasteiger partial charge in [-0.25, -0.2) is 4.39 Å². The van der Waals surface area contributed by atoms with Crippen LogP contribution in [-0.4, -0.2) is 36.9 Å². The normalized spacial score (nSPS) is 14.2. The lowest BCUT2D eigenvalue weighted by Crippen LogP contribution is -2.38. The SMILES string of the molecule is CC[C@H](C)N(Cc1cc(NC(=O)C2CC2)ccc1N(C)C)C(=O)c1ccc(F)cc1. The van der Waals surface area contributed by atoms with Gasteiger partial charge in [0.15, 0.2) is 0 Å². The van der Waals surface area contributed by atoms with Crippen LogP contribution in [0.2, 0.25) is 0 Å². The minimum Gasteiger partial charge on any atom is -0.377 e. The van der Waals surface area contributed by atoms with Crippen molar-refractivity contribution in [2.45, 2.75) is 45.7 Å². The smallest absolute Gasteiger partial charge is 0.254 e. The highest BCUT2D eigenvalue weighted by molar-refractivity contribution is 5.95. The molecule has 2 aromatic carbocycles. The maximum atomic E-state index is 13.3. The number of nitrogens with one attached hydrogen (secondary N) is 1. The Kier molecular flexibility index (Phi) is 6.75. The number of nitrogens with zero attached hydrogens (tertiary/aromatic N) is 2. The molecule has 1 aliphatic carbocycles. The Morgan fingerprint density at radius 1 is 1.13 bits per heavy atom. The second-order valence-electron chi connectivity index (χ2n) is 8.20. The first-order chi connectivity index (χ1) is 14.3. The van der Waals surface area contributed by atoms with Crippen molar-refractivity contribution in [2.24, 2.45) is 5.92 Å². The number of carbonyl (C=O) groups excluding carboxylic acids is 2. The number of rotatable bonds is 8. The molecule has 0 radical (unpaired) electrons. The van der Waals surface area contributed by atoms with Crippen LogP contribution in [0.5, 0.6) is 0 Å². The third-order valence-corrected chi connectivity index (χ3v) is 5.59. The van der Waals surface area contributed by atoms with Gasteiger partial charge in [0.25, 0.3) is 5.91 Å². The molecule has 1 aliphatic rings. The van der Waals surface area contributed by atoms with Crippen molar-refractivity contribution in [3.63, 3.8) is 0 Å². The molecule has 3 rings (SSSR count). The lowest BCUT2D eigenvalue weighted by molar-refractivity contribution is -0.117. The standard InChI is InChI=1S/C24H30FN3O2/c1-5-16(2)28(24(30)18-8-10-20(25)11-9-18)15-19-14-21(12-13-22(19)27(3)4)26-23(29)17-6-7-17/h8-14,16-17H,5-7,15H2,1-4H3,(H,26,29)/t16-/m0/s1. The summed E-state index contributed by atoms with van der Waals surface area (Å²) in [6.07, 6.45) is 2.69. The number of hydrogen-bond donors (Lipinski definition) is 1. The molecule has 0 heterocycles. The largest absolute Gasteiger partial charge is 0.377 e. The van der Waals surface area contributed by atoms with Crippen LogP contribution in [0.3, 0.4) is 0 Å².